The van der Waals surface area contributed by atoms with Gasteiger partial charge in [0, 0.05) is 47.2 Å². The minimum absolute atomic E-state index is 0.00158. The van der Waals surface area contributed by atoms with Gasteiger partial charge in [-0.05, 0) is 38.1 Å². The second-order valence-electron chi connectivity index (χ2n) is 7.88. The van der Waals surface area contributed by atoms with Gasteiger partial charge in [-0.2, -0.15) is 28.5 Å². The molecule has 4 rings (SSSR count). The maximum atomic E-state index is 13.4. The van der Waals surface area contributed by atoms with Crippen LogP contribution in [0, 0.1) is 18.3 Å². The van der Waals surface area contributed by atoms with Gasteiger partial charge in [-0.25, -0.2) is 14.5 Å². The fraction of sp³-hybridized carbons (Fsp3) is 0.200. The molecule has 1 N–H and O–H groups in total. The molecule has 0 atom stereocenters. The highest BCUT2D eigenvalue weighted by molar-refractivity contribution is 5.91. The van der Waals surface area contributed by atoms with Crippen LogP contribution in [0.3, 0.4) is 0 Å². The number of pyridine rings is 1. The van der Waals surface area contributed by atoms with Crippen molar-refractivity contribution in [2.45, 2.75) is 20.0 Å². The zero-order chi connectivity index (χ0) is 27.4. The monoisotopic (exact) mass is 523 g/mol. The molecule has 0 spiro atoms. The molecule has 3 heterocycles. The first-order chi connectivity index (χ1) is 18.1. The number of alkyl halides is 3. The standard InChI is InChI=1S/C25H20F3N7O3/c1-4-38-23(36)17-8-16(11-30-12-17)20-13-31-24(32-18-6-15(10-29)7-19(9-18)37-3)33-22(20)35-14(2)5-21(34-35)25(26,27)28/h5-9,11-13H,4H2,1-3H3,(H,31,32,33). The number of hydrogen-bond acceptors (Lipinski definition) is 9. The van der Waals surface area contributed by atoms with E-state index in [0.717, 1.165) is 10.7 Å². The summed E-state index contributed by atoms with van der Waals surface area (Å²) < 4.78 is 51.5. The van der Waals surface area contributed by atoms with Gasteiger partial charge in [-0.15, -0.1) is 0 Å². The van der Waals surface area contributed by atoms with Gasteiger partial charge in [0.2, 0.25) is 5.95 Å². The predicted octanol–water partition coefficient (Wildman–Crippen LogP) is 4.85. The van der Waals surface area contributed by atoms with Crippen LogP contribution < -0.4 is 10.1 Å². The molecule has 13 heteroatoms. The number of ether oxygens (including phenoxy) is 2. The molecule has 3 aromatic heterocycles. The SMILES string of the molecule is CCOC(=O)c1cncc(-c2cnc(Nc3cc(C#N)cc(OC)c3)nc2-n2nc(C(F)(F)F)cc2C)c1. The summed E-state index contributed by atoms with van der Waals surface area (Å²) in [5, 5.41) is 16.0. The van der Waals surface area contributed by atoms with Crippen LogP contribution in [0.5, 0.6) is 5.75 Å². The van der Waals surface area contributed by atoms with Crippen LogP contribution in [0.15, 0.2) is 48.9 Å². The molecule has 0 aliphatic heterocycles. The van der Waals surface area contributed by atoms with E-state index in [1.165, 1.54) is 50.8 Å². The Morgan fingerprint density at radius 2 is 1.95 bits per heavy atom. The van der Waals surface area contributed by atoms with Crippen molar-refractivity contribution in [3.63, 3.8) is 0 Å². The molecule has 0 aliphatic rings. The molecular weight excluding hydrogens is 503 g/mol. The Labute approximate surface area is 214 Å². The average molecular weight is 523 g/mol. The van der Waals surface area contributed by atoms with E-state index in [-0.39, 0.29) is 35.2 Å². The fourth-order valence-corrected chi connectivity index (χ4v) is 3.52. The predicted molar refractivity (Wildman–Crippen MR) is 129 cm³/mol. The number of nitrogens with one attached hydrogen (secondary N) is 1. The number of carbonyl (C=O) groups excluding carboxylic acids is 1. The van der Waals surface area contributed by atoms with Gasteiger partial charge in [0.25, 0.3) is 0 Å². The van der Waals surface area contributed by atoms with Crippen molar-refractivity contribution >= 4 is 17.6 Å². The molecule has 38 heavy (non-hydrogen) atoms. The summed E-state index contributed by atoms with van der Waals surface area (Å²) in [6.07, 6.45) is -0.572. The number of hydrogen-bond donors (Lipinski definition) is 1. The molecule has 194 valence electrons. The van der Waals surface area contributed by atoms with E-state index >= 15 is 0 Å². The maximum absolute atomic E-state index is 13.4. The van der Waals surface area contributed by atoms with E-state index in [1.807, 2.05) is 6.07 Å². The van der Waals surface area contributed by atoms with Gasteiger partial charge in [0.05, 0.1) is 30.9 Å². The molecule has 0 unspecified atom stereocenters. The number of benzene rings is 1. The van der Waals surface area contributed by atoms with Gasteiger partial charge in [-0.3, -0.25) is 4.98 Å². The van der Waals surface area contributed by atoms with Crippen molar-refractivity contribution in [1.82, 2.24) is 24.7 Å². The molecule has 1 aromatic carbocycles. The van der Waals surface area contributed by atoms with Crippen molar-refractivity contribution in [2.75, 3.05) is 19.0 Å². The van der Waals surface area contributed by atoms with Crippen molar-refractivity contribution < 1.29 is 27.4 Å². The number of anilines is 2. The van der Waals surface area contributed by atoms with E-state index < -0.39 is 17.8 Å². The first-order valence-corrected chi connectivity index (χ1v) is 11.1. The van der Waals surface area contributed by atoms with Crippen LogP contribution in [0.25, 0.3) is 16.9 Å². The fourth-order valence-electron chi connectivity index (χ4n) is 3.52. The minimum atomic E-state index is -4.68. The summed E-state index contributed by atoms with van der Waals surface area (Å²) in [5.41, 5.74) is 0.545. The maximum Gasteiger partial charge on any atom is 0.435 e. The normalized spacial score (nSPS) is 11.1. The number of carbonyl (C=O) groups is 1. The number of esters is 1. The number of rotatable bonds is 7. The summed E-state index contributed by atoms with van der Waals surface area (Å²) in [5.74, 6) is -0.188. The lowest BCUT2D eigenvalue weighted by Crippen LogP contribution is -2.11. The summed E-state index contributed by atoms with van der Waals surface area (Å²) in [6.45, 7) is 3.27. The van der Waals surface area contributed by atoms with Crippen LogP contribution in [0.1, 0.15) is 34.2 Å². The number of aromatic nitrogens is 5. The van der Waals surface area contributed by atoms with Gasteiger partial charge >= 0.3 is 12.1 Å². The highest BCUT2D eigenvalue weighted by Crippen LogP contribution is 2.32. The molecule has 10 nitrogen and oxygen atoms in total. The Morgan fingerprint density at radius 3 is 2.61 bits per heavy atom. The topological polar surface area (TPSA) is 128 Å². The Hall–Kier alpha value is -4.99. The third-order valence-corrected chi connectivity index (χ3v) is 5.23. The average Bonchev–Trinajstić information content (AvgIpc) is 3.30. The molecule has 0 saturated heterocycles. The summed E-state index contributed by atoms with van der Waals surface area (Å²) in [7, 11) is 1.45. The third kappa shape index (κ3) is 5.54. The van der Waals surface area contributed by atoms with Crippen LogP contribution in [-0.4, -0.2) is 44.4 Å². The molecule has 4 aromatic rings. The molecule has 0 radical (unpaired) electrons. The van der Waals surface area contributed by atoms with Gasteiger partial charge in [0.1, 0.15) is 5.75 Å². The van der Waals surface area contributed by atoms with Crippen LogP contribution in [0.4, 0.5) is 24.8 Å². The van der Waals surface area contributed by atoms with Crippen LogP contribution in [0.2, 0.25) is 0 Å². The van der Waals surface area contributed by atoms with Gasteiger partial charge in [0.15, 0.2) is 11.5 Å². The van der Waals surface area contributed by atoms with E-state index in [1.54, 1.807) is 13.0 Å². The summed E-state index contributed by atoms with van der Waals surface area (Å²) >= 11 is 0. The molecule has 0 aliphatic carbocycles. The quantitative estimate of drug-likeness (QED) is 0.338. The lowest BCUT2D eigenvalue weighted by Gasteiger charge is -2.14. The van der Waals surface area contributed by atoms with E-state index in [0.29, 0.717) is 22.6 Å². The highest BCUT2D eigenvalue weighted by Gasteiger charge is 2.35. The Kier molecular flexibility index (Phi) is 7.24. The zero-order valence-corrected chi connectivity index (χ0v) is 20.4. The highest BCUT2D eigenvalue weighted by atomic mass is 19.4. The van der Waals surface area contributed by atoms with Crippen LogP contribution >= 0.6 is 0 Å². The minimum Gasteiger partial charge on any atom is -0.497 e. The van der Waals surface area contributed by atoms with E-state index in [4.69, 9.17) is 9.47 Å². The summed E-state index contributed by atoms with van der Waals surface area (Å²) in [6, 6.07) is 9.07. The molecule has 0 amide bonds. The van der Waals surface area contributed by atoms with E-state index in [2.05, 4.69) is 25.4 Å². The Bertz CT molecular complexity index is 1540. The Morgan fingerprint density at radius 1 is 1.16 bits per heavy atom. The van der Waals surface area contributed by atoms with E-state index in [9.17, 15) is 23.2 Å². The van der Waals surface area contributed by atoms with Crippen molar-refractivity contribution in [1.29, 1.82) is 5.26 Å². The van der Waals surface area contributed by atoms with Gasteiger partial charge < -0.3 is 14.8 Å². The first kappa shape index (κ1) is 26.1. The number of nitriles is 1. The number of halogens is 3. The zero-order valence-electron chi connectivity index (χ0n) is 20.4. The van der Waals surface area contributed by atoms with Crippen molar-refractivity contribution in [3.8, 4) is 28.8 Å². The smallest absolute Gasteiger partial charge is 0.435 e. The first-order valence-electron chi connectivity index (χ1n) is 11.1. The van der Waals surface area contributed by atoms with Gasteiger partial charge in [-0.1, -0.05) is 0 Å². The van der Waals surface area contributed by atoms with Crippen molar-refractivity contribution in [2.24, 2.45) is 0 Å². The molecule has 0 saturated carbocycles. The number of nitrogens with zero attached hydrogens (tertiary/aromatic N) is 6. The second-order valence-corrected chi connectivity index (χ2v) is 7.88. The lowest BCUT2D eigenvalue weighted by molar-refractivity contribution is -0.141. The molecule has 0 fully saturated rings. The number of methoxy groups -OCH3 is 1. The summed E-state index contributed by atoms with van der Waals surface area (Å²) in [4.78, 5) is 25.0. The number of aryl methyl sites for hydroxylation is 1. The molecular formula is C25H20F3N7O3. The van der Waals surface area contributed by atoms with Crippen molar-refractivity contribution in [3.05, 3.63) is 71.4 Å². The largest absolute Gasteiger partial charge is 0.497 e. The Balaban J connectivity index is 1.85. The third-order valence-electron chi connectivity index (χ3n) is 5.23. The second kappa shape index (κ2) is 10.6. The molecule has 0 bridgehead atoms. The lowest BCUT2D eigenvalue weighted by atomic mass is 10.1. The van der Waals surface area contributed by atoms with Crippen LogP contribution in [-0.2, 0) is 10.9 Å².